The molecule has 4 aromatic heterocycles. The normalized spacial score (nSPS) is 19.3. The Labute approximate surface area is 503 Å². The van der Waals surface area contributed by atoms with Gasteiger partial charge in [0.1, 0.15) is 16.4 Å². The number of benzene rings is 2. The Balaban J connectivity index is 0.000000169. The van der Waals surface area contributed by atoms with Crippen LogP contribution in [-0.4, -0.2) is 99.1 Å². The van der Waals surface area contributed by atoms with Crippen LogP contribution in [0.2, 0.25) is 5.15 Å². The van der Waals surface area contributed by atoms with E-state index in [9.17, 15) is 9.59 Å². The number of anilines is 4. The molecule has 21 heteroatoms. The maximum absolute atomic E-state index is 12.5. The number of esters is 2. The van der Waals surface area contributed by atoms with Crippen LogP contribution in [-0.2, 0) is 64.6 Å². The maximum Gasteiger partial charge on any atom is 0.488 e. The number of hydrogen-bond acceptors (Lipinski definition) is 16. The SMILES string of the molecule is CC1(C)OB(B2OC(C)(C)C(C)(C)O2)OC1(C)C.Cc1ccc2c(c1)CCCC[C@H]2CC(=O)OC(C)(C)C.Cn1cc(Nc2nccc(-c3ccc4c(c3)CCCC[C@H]4CC(=O)OC(C)(C)C)n2)cn1.Cn1cc(Nc2nccc(Cl)n2)cn1. The second-order valence-electron chi connectivity index (χ2n) is 26.4. The van der Waals surface area contributed by atoms with Crippen LogP contribution in [0.15, 0.2) is 85.7 Å². The minimum absolute atomic E-state index is 0.0732. The minimum atomic E-state index is -0.476. The lowest BCUT2D eigenvalue weighted by Crippen LogP contribution is -2.41. The second-order valence-corrected chi connectivity index (χ2v) is 26.7. The van der Waals surface area contributed by atoms with Gasteiger partial charge < -0.3 is 38.7 Å². The van der Waals surface area contributed by atoms with Crippen LogP contribution >= 0.6 is 11.6 Å². The third-order valence-corrected chi connectivity index (χ3v) is 16.0. The standard InChI is InChI=1S/C25H31N5O2.C18H26O2.C12H24B2O4.C8H8ClN5/c1-25(2,3)32-23(31)14-18-8-6-5-7-17-13-19(9-10-21(17)18)22-11-12-26-24(29-22)28-20-15-27-30(4)16-20;1-13-9-10-16-14(11-13)7-5-6-8-15(16)12-17(19)20-18(2,3)4;1-9(2)10(3,4)16-13(15-9)14-17-11(5,6)12(7,8)18-14;1-14-5-6(4-11-14)12-8-10-3-2-7(9)13-8/h9-13,15-16,18H,5-8,14H2,1-4H3,(H,26,28,29);9-11,15H,5-8,12H2,1-4H3;1-8H3;2-5H,1H3,(H,10,12,13)/t18-;15-;;/m00../s1. The molecule has 452 valence electrons. The van der Waals surface area contributed by atoms with Crippen LogP contribution in [0.5, 0.6) is 0 Å². The largest absolute Gasteiger partial charge is 0.488 e. The summed E-state index contributed by atoms with van der Waals surface area (Å²) in [6.45, 7) is 29.9. The van der Waals surface area contributed by atoms with Crippen molar-refractivity contribution in [1.29, 1.82) is 0 Å². The highest BCUT2D eigenvalue weighted by Gasteiger charge is 2.63. The molecule has 0 bridgehead atoms. The lowest BCUT2D eigenvalue weighted by molar-refractivity contribution is -0.156. The average Bonchev–Trinajstić information content (AvgIpc) is 1.92. The van der Waals surface area contributed by atoms with Gasteiger partial charge in [-0.1, -0.05) is 60.3 Å². The second kappa shape index (κ2) is 27.0. The van der Waals surface area contributed by atoms with Gasteiger partial charge in [-0.05, 0) is 195 Å². The van der Waals surface area contributed by atoms with Crippen molar-refractivity contribution in [1.82, 2.24) is 39.5 Å². The van der Waals surface area contributed by atoms with E-state index in [-0.39, 0.29) is 40.3 Å². The maximum atomic E-state index is 12.5. The topological polar surface area (TPSA) is 201 Å². The van der Waals surface area contributed by atoms with Crippen molar-refractivity contribution in [2.75, 3.05) is 10.6 Å². The van der Waals surface area contributed by atoms with Crippen molar-refractivity contribution < 1.29 is 37.7 Å². The number of hydrogen-bond donors (Lipinski definition) is 2. The zero-order valence-corrected chi connectivity index (χ0v) is 53.4. The molecular formula is C63H89B2ClN10O8. The molecule has 18 nitrogen and oxygen atoms in total. The van der Waals surface area contributed by atoms with Crippen molar-refractivity contribution in [3.63, 3.8) is 0 Å². The smallest absolute Gasteiger partial charge is 0.460 e. The van der Waals surface area contributed by atoms with E-state index in [1.165, 1.54) is 40.7 Å². The first kappa shape index (κ1) is 65.4. The molecule has 4 aliphatic rings. The van der Waals surface area contributed by atoms with E-state index < -0.39 is 25.2 Å². The van der Waals surface area contributed by atoms with Crippen LogP contribution in [0, 0.1) is 6.92 Å². The Hall–Kier alpha value is -6.18. The number of ether oxygens (including phenoxy) is 2. The predicted octanol–water partition coefficient (Wildman–Crippen LogP) is 13.6. The summed E-state index contributed by atoms with van der Waals surface area (Å²) in [7, 11) is 2.75. The zero-order chi connectivity index (χ0) is 61.4. The summed E-state index contributed by atoms with van der Waals surface area (Å²) in [5.74, 6) is 1.32. The fourth-order valence-electron chi connectivity index (χ4n) is 10.3. The number of fused-ring (bicyclic) bond motifs is 2. The molecule has 0 saturated carbocycles. The lowest BCUT2D eigenvalue weighted by atomic mass is 9.49. The number of nitrogens with one attached hydrogen (secondary N) is 2. The summed E-state index contributed by atoms with van der Waals surface area (Å²) in [5.41, 5.74) is 7.96. The molecular weight excluding hydrogens is 1080 g/mol. The monoisotopic (exact) mass is 1170 g/mol. The molecule has 84 heavy (non-hydrogen) atoms. The van der Waals surface area contributed by atoms with E-state index in [1.54, 1.807) is 40.2 Å². The van der Waals surface area contributed by atoms with Crippen molar-refractivity contribution in [3.8, 4) is 11.3 Å². The van der Waals surface area contributed by atoms with Crippen molar-refractivity contribution >= 4 is 60.8 Å². The molecule has 2 saturated heterocycles. The summed E-state index contributed by atoms with van der Waals surface area (Å²) in [6.07, 6.45) is 20.3. The Morgan fingerprint density at radius 3 is 1.48 bits per heavy atom. The van der Waals surface area contributed by atoms with Gasteiger partial charge in [-0.15, -0.1) is 0 Å². The van der Waals surface area contributed by atoms with Gasteiger partial charge in [-0.3, -0.25) is 19.0 Å². The van der Waals surface area contributed by atoms with Gasteiger partial charge in [0.25, 0.3) is 0 Å². The van der Waals surface area contributed by atoms with Crippen molar-refractivity contribution in [3.05, 3.63) is 119 Å². The highest BCUT2D eigenvalue weighted by atomic mass is 35.5. The Kier molecular flexibility index (Phi) is 21.0. The van der Waals surface area contributed by atoms with Crippen molar-refractivity contribution in [2.45, 2.75) is 214 Å². The molecule has 10 rings (SSSR count). The lowest BCUT2D eigenvalue weighted by Gasteiger charge is -2.32. The average molecular weight is 1170 g/mol. The molecule has 6 heterocycles. The van der Waals surface area contributed by atoms with Gasteiger partial charge in [-0.25, -0.2) is 19.9 Å². The van der Waals surface area contributed by atoms with E-state index in [4.69, 9.17) is 44.7 Å². The van der Waals surface area contributed by atoms with E-state index >= 15 is 0 Å². The number of carbonyl (C=O) groups is 2. The van der Waals surface area contributed by atoms with Gasteiger partial charge >= 0.3 is 26.0 Å². The molecule has 0 spiro atoms. The number of carbonyl (C=O) groups excluding carboxylic acids is 2. The molecule has 2 N–H and O–H groups in total. The quantitative estimate of drug-likeness (QED) is 0.0567. The van der Waals surface area contributed by atoms with Gasteiger partial charge in [0.05, 0.1) is 64.7 Å². The summed E-state index contributed by atoms with van der Waals surface area (Å²) < 4.78 is 38.3. The van der Waals surface area contributed by atoms with Gasteiger partial charge in [0, 0.05) is 44.4 Å². The van der Waals surface area contributed by atoms with Crippen LogP contribution in [0.25, 0.3) is 11.3 Å². The fourth-order valence-corrected chi connectivity index (χ4v) is 10.4. The molecule has 2 aliphatic heterocycles. The highest BCUT2D eigenvalue weighted by molar-refractivity contribution is 7.11. The molecule has 2 fully saturated rings. The zero-order valence-electron chi connectivity index (χ0n) is 52.7. The van der Waals surface area contributed by atoms with Crippen LogP contribution in [0.4, 0.5) is 23.3 Å². The van der Waals surface area contributed by atoms with Crippen LogP contribution < -0.4 is 10.6 Å². The van der Waals surface area contributed by atoms with Crippen LogP contribution in [0.3, 0.4) is 0 Å². The minimum Gasteiger partial charge on any atom is -0.460 e. The first-order valence-electron chi connectivity index (χ1n) is 29.4. The van der Waals surface area contributed by atoms with E-state index in [2.05, 4.69) is 79.1 Å². The summed E-state index contributed by atoms with van der Waals surface area (Å²) in [6, 6.07) is 16.7. The van der Waals surface area contributed by atoms with Gasteiger partial charge in [0.2, 0.25) is 11.9 Å². The molecule has 0 unspecified atom stereocenters. The molecule has 6 aromatic rings. The summed E-state index contributed by atoms with van der Waals surface area (Å²) in [5, 5.41) is 14.7. The summed E-state index contributed by atoms with van der Waals surface area (Å²) >= 11 is 5.70. The Morgan fingerprint density at radius 1 is 0.619 bits per heavy atom. The molecule has 2 atom stereocenters. The molecule has 0 radical (unpaired) electrons. The van der Waals surface area contributed by atoms with E-state index in [0.29, 0.717) is 35.8 Å². The molecule has 2 aliphatic carbocycles. The van der Waals surface area contributed by atoms with Gasteiger partial charge in [-0.2, -0.15) is 10.2 Å². The number of aryl methyl sites for hydroxylation is 5. The van der Waals surface area contributed by atoms with E-state index in [0.717, 1.165) is 61.2 Å². The van der Waals surface area contributed by atoms with E-state index in [1.807, 2.05) is 129 Å². The van der Waals surface area contributed by atoms with Gasteiger partial charge in [0.15, 0.2) is 0 Å². The Morgan fingerprint density at radius 2 is 1.05 bits per heavy atom. The fraction of sp³-hybridized carbons (Fsp3) is 0.556. The summed E-state index contributed by atoms with van der Waals surface area (Å²) in [4.78, 5) is 41.6. The predicted molar refractivity (Wildman–Crippen MR) is 332 cm³/mol. The number of rotatable bonds is 10. The highest BCUT2D eigenvalue weighted by Crippen LogP contribution is 2.43. The Bertz CT molecular complexity index is 3120. The number of nitrogens with zero attached hydrogens (tertiary/aromatic N) is 8. The number of aromatic nitrogens is 8. The van der Waals surface area contributed by atoms with Crippen molar-refractivity contribution in [2.24, 2.45) is 14.1 Å². The first-order valence-corrected chi connectivity index (χ1v) is 29.8. The van der Waals surface area contributed by atoms with Crippen LogP contribution in [0.1, 0.15) is 188 Å². The first-order chi connectivity index (χ1) is 39.2. The third kappa shape index (κ3) is 18.4. The third-order valence-electron chi connectivity index (χ3n) is 15.7. The molecule has 2 aromatic carbocycles. The number of halogens is 1. The molecule has 0 amide bonds.